The smallest absolute Gasteiger partial charge is 0.309 e. The molecule has 1 aromatic carbocycles. The molecule has 2 aromatic rings. The fraction of sp³-hybridized carbons (Fsp3) is 0.357. The van der Waals surface area contributed by atoms with Crippen molar-refractivity contribution in [3.8, 4) is 5.69 Å². The van der Waals surface area contributed by atoms with Crippen molar-refractivity contribution in [1.82, 2.24) is 15.1 Å². The lowest BCUT2D eigenvalue weighted by molar-refractivity contribution is -0.137. The second-order valence-corrected chi connectivity index (χ2v) is 5.36. The van der Waals surface area contributed by atoms with E-state index in [9.17, 15) is 13.2 Å². The van der Waals surface area contributed by atoms with Crippen LogP contribution >= 0.6 is 11.6 Å². The van der Waals surface area contributed by atoms with E-state index in [2.05, 4.69) is 10.4 Å². The molecule has 21 heavy (non-hydrogen) atoms. The Kier molecular flexibility index (Phi) is 4.58. The van der Waals surface area contributed by atoms with E-state index in [1.165, 1.54) is 16.8 Å². The molecule has 0 atom stereocenters. The van der Waals surface area contributed by atoms with Gasteiger partial charge in [0.15, 0.2) is 0 Å². The molecule has 0 aliphatic rings. The maximum atomic E-state index is 12.8. The molecule has 0 aliphatic heterocycles. The van der Waals surface area contributed by atoms with Gasteiger partial charge in [0.2, 0.25) is 0 Å². The first kappa shape index (κ1) is 15.9. The maximum absolute atomic E-state index is 12.8. The number of benzene rings is 1. The minimum absolute atomic E-state index is 0.308. The molecule has 1 heterocycles. The van der Waals surface area contributed by atoms with E-state index in [-0.39, 0.29) is 5.02 Å². The van der Waals surface area contributed by atoms with Gasteiger partial charge in [-0.3, -0.25) is 0 Å². The van der Waals surface area contributed by atoms with E-state index in [1.54, 1.807) is 12.3 Å². The van der Waals surface area contributed by atoms with Gasteiger partial charge < -0.3 is 5.32 Å². The standard InChI is InChI=1S/C14H15ClF3N3/c1-9(2)19-8-10-5-6-21(20-10)11-3-4-13(15)12(7-11)14(16,17)18/h3-7,9,19H,8H2,1-2H3. The number of alkyl halides is 3. The average Bonchev–Trinajstić information content (AvgIpc) is 2.84. The molecule has 0 saturated heterocycles. The summed E-state index contributed by atoms with van der Waals surface area (Å²) in [7, 11) is 0. The zero-order valence-corrected chi connectivity index (χ0v) is 12.3. The Morgan fingerprint density at radius 3 is 2.62 bits per heavy atom. The first-order valence-electron chi connectivity index (χ1n) is 6.42. The molecule has 0 unspecified atom stereocenters. The number of nitrogens with one attached hydrogen (secondary N) is 1. The van der Waals surface area contributed by atoms with Crippen LogP contribution in [0.15, 0.2) is 30.5 Å². The first-order valence-corrected chi connectivity index (χ1v) is 6.80. The molecule has 0 saturated carbocycles. The number of nitrogens with zero attached hydrogens (tertiary/aromatic N) is 2. The summed E-state index contributed by atoms with van der Waals surface area (Å²) in [5.74, 6) is 0. The van der Waals surface area contributed by atoms with Crippen molar-refractivity contribution in [3.05, 3.63) is 46.7 Å². The second-order valence-electron chi connectivity index (χ2n) is 4.95. The Morgan fingerprint density at radius 2 is 2.00 bits per heavy atom. The van der Waals surface area contributed by atoms with Gasteiger partial charge in [0.1, 0.15) is 0 Å². The number of halogens is 4. The molecule has 0 fully saturated rings. The molecule has 0 aliphatic carbocycles. The molecule has 1 aromatic heterocycles. The van der Waals surface area contributed by atoms with Crippen molar-refractivity contribution in [2.75, 3.05) is 0 Å². The van der Waals surface area contributed by atoms with Gasteiger partial charge in [-0.1, -0.05) is 25.4 Å². The van der Waals surface area contributed by atoms with Crippen molar-refractivity contribution < 1.29 is 13.2 Å². The summed E-state index contributed by atoms with van der Waals surface area (Å²) in [5, 5.41) is 7.12. The molecule has 2 rings (SSSR count). The van der Waals surface area contributed by atoms with Crippen molar-refractivity contribution >= 4 is 11.6 Å². The number of hydrogen-bond acceptors (Lipinski definition) is 2. The zero-order chi connectivity index (χ0) is 15.6. The minimum atomic E-state index is -4.48. The summed E-state index contributed by atoms with van der Waals surface area (Å²) >= 11 is 5.60. The molecule has 114 valence electrons. The van der Waals surface area contributed by atoms with E-state index in [0.29, 0.717) is 18.3 Å². The van der Waals surface area contributed by atoms with Crippen molar-refractivity contribution in [1.29, 1.82) is 0 Å². The maximum Gasteiger partial charge on any atom is 0.417 e. The number of rotatable bonds is 4. The summed E-state index contributed by atoms with van der Waals surface area (Å²) in [5.41, 5.74) is 0.216. The average molecular weight is 318 g/mol. The summed E-state index contributed by atoms with van der Waals surface area (Å²) < 4.78 is 39.9. The fourth-order valence-electron chi connectivity index (χ4n) is 1.78. The Balaban J connectivity index is 2.26. The van der Waals surface area contributed by atoms with Crippen LogP contribution < -0.4 is 5.32 Å². The molecular weight excluding hydrogens is 303 g/mol. The molecule has 1 N–H and O–H groups in total. The van der Waals surface area contributed by atoms with E-state index in [0.717, 1.165) is 11.8 Å². The van der Waals surface area contributed by atoms with Gasteiger partial charge in [-0.2, -0.15) is 18.3 Å². The molecule has 0 bridgehead atoms. The predicted molar refractivity (Wildman–Crippen MR) is 75.6 cm³/mol. The largest absolute Gasteiger partial charge is 0.417 e. The van der Waals surface area contributed by atoms with Crippen LogP contribution in [0.2, 0.25) is 5.02 Å². The van der Waals surface area contributed by atoms with Gasteiger partial charge in [-0.05, 0) is 24.3 Å². The Morgan fingerprint density at radius 1 is 1.29 bits per heavy atom. The highest BCUT2D eigenvalue weighted by Crippen LogP contribution is 2.35. The van der Waals surface area contributed by atoms with Crippen molar-refractivity contribution in [2.24, 2.45) is 0 Å². The fourth-order valence-corrected chi connectivity index (χ4v) is 2.01. The Labute approximate surface area is 125 Å². The lowest BCUT2D eigenvalue weighted by Crippen LogP contribution is -2.22. The molecule has 0 spiro atoms. The van der Waals surface area contributed by atoms with Gasteiger partial charge in [-0.25, -0.2) is 4.68 Å². The number of aromatic nitrogens is 2. The van der Waals surface area contributed by atoms with Gasteiger partial charge in [-0.15, -0.1) is 0 Å². The summed E-state index contributed by atoms with van der Waals surface area (Å²) in [4.78, 5) is 0. The topological polar surface area (TPSA) is 29.9 Å². The lowest BCUT2D eigenvalue weighted by atomic mass is 10.2. The van der Waals surface area contributed by atoms with Crippen LogP contribution in [0.3, 0.4) is 0 Å². The van der Waals surface area contributed by atoms with Crippen LogP contribution in [-0.2, 0) is 12.7 Å². The van der Waals surface area contributed by atoms with Crippen LogP contribution in [0.5, 0.6) is 0 Å². The molecule has 3 nitrogen and oxygen atoms in total. The van der Waals surface area contributed by atoms with Crippen LogP contribution in [0.1, 0.15) is 25.1 Å². The Hall–Kier alpha value is -1.53. The quantitative estimate of drug-likeness (QED) is 0.922. The van der Waals surface area contributed by atoms with E-state index < -0.39 is 11.7 Å². The Bertz CT molecular complexity index is 620. The third-order valence-electron chi connectivity index (χ3n) is 2.86. The van der Waals surface area contributed by atoms with E-state index in [1.807, 2.05) is 13.8 Å². The summed E-state index contributed by atoms with van der Waals surface area (Å²) in [6.45, 7) is 4.57. The van der Waals surface area contributed by atoms with Gasteiger partial charge in [0.05, 0.1) is 22.0 Å². The third kappa shape index (κ3) is 3.98. The molecular formula is C14H15ClF3N3. The monoisotopic (exact) mass is 317 g/mol. The highest BCUT2D eigenvalue weighted by Gasteiger charge is 2.33. The molecule has 0 radical (unpaired) electrons. The van der Waals surface area contributed by atoms with Crippen molar-refractivity contribution in [3.63, 3.8) is 0 Å². The van der Waals surface area contributed by atoms with Gasteiger partial charge >= 0.3 is 6.18 Å². The van der Waals surface area contributed by atoms with Crippen LogP contribution in [0.25, 0.3) is 5.69 Å². The zero-order valence-electron chi connectivity index (χ0n) is 11.6. The number of hydrogen-bond donors (Lipinski definition) is 1. The van der Waals surface area contributed by atoms with E-state index in [4.69, 9.17) is 11.6 Å². The summed E-state index contributed by atoms with van der Waals surface area (Å²) in [6.07, 6.45) is -2.86. The van der Waals surface area contributed by atoms with Crippen molar-refractivity contribution in [2.45, 2.75) is 32.6 Å². The highest BCUT2D eigenvalue weighted by molar-refractivity contribution is 6.31. The minimum Gasteiger partial charge on any atom is -0.309 e. The SMILES string of the molecule is CC(C)NCc1ccn(-c2ccc(Cl)c(C(F)(F)F)c2)n1. The van der Waals surface area contributed by atoms with Gasteiger partial charge in [0, 0.05) is 18.8 Å². The van der Waals surface area contributed by atoms with Crippen LogP contribution in [-0.4, -0.2) is 15.8 Å². The van der Waals surface area contributed by atoms with Crippen LogP contribution in [0, 0.1) is 0 Å². The normalized spacial score (nSPS) is 12.1. The predicted octanol–water partition coefficient (Wildman–Crippen LogP) is 4.04. The van der Waals surface area contributed by atoms with Gasteiger partial charge in [0.25, 0.3) is 0 Å². The molecule has 0 amide bonds. The highest BCUT2D eigenvalue weighted by atomic mass is 35.5. The van der Waals surface area contributed by atoms with E-state index >= 15 is 0 Å². The van der Waals surface area contributed by atoms with Crippen LogP contribution in [0.4, 0.5) is 13.2 Å². The summed E-state index contributed by atoms with van der Waals surface area (Å²) in [6, 6.07) is 5.80. The second kappa shape index (κ2) is 6.07. The lowest BCUT2D eigenvalue weighted by Gasteiger charge is -2.11. The molecule has 7 heteroatoms. The third-order valence-corrected chi connectivity index (χ3v) is 3.19. The first-order chi connectivity index (χ1) is 9.77.